The van der Waals surface area contributed by atoms with Crippen LogP contribution in [0.25, 0.3) is 11.0 Å². The van der Waals surface area contributed by atoms with E-state index >= 15 is 0 Å². The summed E-state index contributed by atoms with van der Waals surface area (Å²) in [4.78, 5) is 11.7. The maximum absolute atomic E-state index is 10.9. The number of carboxylic acids is 1. The number of carbonyl (C=O) groups is 1. The maximum Gasteiger partial charge on any atom is 0.335 e. The largest absolute Gasteiger partial charge is 0.478 e. The van der Waals surface area contributed by atoms with E-state index in [0.29, 0.717) is 0 Å². The van der Waals surface area contributed by atoms with E-state index in [1.807, 2.05) is 30.3 Å². The SMILES string of the molecule is O=C(O)c1cccc(Sc2noc3ccccc23)c1. The van der Waals surface area contributed by atoms with E-state index in [-0.39, 0.29) is 5.56 Å². The molecular formula is C14H9NO3S. The second kappa shape index (κ2) is 4.78. The van der Waals surface area contributed by atoms with Crippen LogP contribution in [-0.4, -0.2) is 16.2 Å². The van der Waals surface area contributed by atoms with E-state index in [1.54, 1.807) is 18.2 Å². The number of hydrogen-bond acceptors (Lipinski definition) is 4. The molecule has 0 radical (unpaired) electrons. The lowest BCUT2D eigenvalue weighted by Gasteiger charge is -1.99. The molecule has 1 heterocycles. The van der Waals surface area contributed by atoms with Crippen LogP contribution in [-0.2, 0) is 0 Å². The molecule has 19 heavy (non-hydrogen) atoms. The van der Waals surface area contributed by atoms with Crippen molar-refractivity contribution in [2.75, 3.05) is 0 Å². The molecule has 94 valence electrons. The molecule has 5 heteroatoms. The fourth-order valence-corrected chi connectivity index (χ4v) is 2.65. The summed E-state index contributed by atoms with van der Waals surface area (Å²) >= 11 is 1.39. The Labute approximate surface area is 113 Å². The molecule has 3 aromatic rings. The number of aromatic carboxylic acids is 1. The van der Waals surface area contributed by atoms with E-state index in [9.17, 15) is 4.79 Å². The normalized spacial score (nSPS) is 10.7. The smallest absolute Gasteiger partial charge is 0.335 e. The van der Waals surface area contributed by atoms with Gasteiger partial charge in [0, 0.05) is 4.90 Å². The van der Waals surface area contributed by atoms with Crippen molar-refractivity contribution in [3.63, 3.8) is 0 Å². The van der Waals surface area contributed by atoms with Gasteiger partial charge in [0.05, 0.1) is 10.9 Å². The molecule has 0 saturated heterocycles. The first kappa shape index (κ1) is 11.8. The molecule has 1 N–H and O–H groups in total. The van der Waals surface area contributed by atoms with Crippen molar-refractivity contribution < 1.29 is 14.4 Å². The second-order valence-corrected chi connectivity index (χ2v) is 4.98. The van der Waals surface area contributed by atoms with Gasteiger partial charge in [-0.3, -0.25) is 0 Å². The second-order valence-electron chi connectivity index (χ2n) is 3.92. The van der Waals surface area contributed by atoms with Crippen molar-refractivity contribution in [3.05, 3.63) is 54.1 Å². The molecule has 0 aliphatic heterocycles. The summed E-state index contributed by atoms with van der Waals surface area (Å²) in [6, 6.07) is 14.3. The number of fused-ring (bicyclic) bond motifs is 1. The topological polar surface area (TPSA) is 63.3 Å². The Morgan fingerprint density at radius 1 is 1.16 bits per heavy atom. The van der Waals surface area contributed by atoms with Crippen molar-refractivity contribution in [1.82, 2.24) is 5.16 Å². The summed E-state index contributed by atoms with van der Waals surface area (Å²) in [5, 5.41) is 14.6. The molecule has 4 nitrogen and oxygen atoms in total. The zero-order valence-electron chi connectivity index (χ0n) is 9.74. The van der Waals surface area contributed by atoms with Crippen LogP contribution < -0.4 is 0 Å². The number of aromatic nitrogens is 1. The van der Waals surface area contributed by atoms with Crippen LogP contribution in [0, 0.1) is 0 Å². The van der Waals surface area contributed by atoms with E-state index in [0.717, 1.165) is 20.9 Å². The Morgan fingerprint density at radius 3 is 2.84 bits per heavy atom. The van der Waals surface area contributed by atoms with Crippen LogP contribution in [0.2, 0.25) is 0 Å². The molecule has 0 bridgehead atoms. The Hall–Kier alpha value is -2.27. The molecule has 0 atom stereocenters. The van der Waals surface area contributed by atoms with Gasteiger partial charge in [-0.1, -0.05) is 35.1 Å². The number of para-hydroxylation sites is 1. The molecule has 0 fully saturated rings. The highest BCUT2D eigenvalue weighted by Crippen LogP contribution is 2.32. The number of rotatable bonds is 3. The van der Waals surface area contributed by atoms with Crippen LogP contribution >= 0.6 is 11.8 Å². The van der Waals surface area contributed by atoms with Gasteiger partial charge in [0.2, 0.25) is 0 Å². The van der Waals surface area contributed by atoms with Crippen LogP contribution in [0.5, 0.6) is 0 Å². The molecule has 1 aromatic heterocycles. The van der Waals surface area contributed by atoms with Crippen LogP contribution in [0.3, 0.4) is 0 Å². The van der Waals surface area contributed by atoms with Gasteiger partial charge < -0.3 is 9.63 Å². The predicted octanol–water partition coefficient (Wildman–Crippen LogP) is 3.68. The molecule has 3 rings (SSSR count). The predicted molar refractivity (Wildman–Crippen MR) is 71.5 cm³/mol. The first-order chi connectivity index (χ1) is 9.24. The van der Waals surface area contributed by atoms with Gasteiger partial charge in [0.25, 0.3) is 0 Å². The van der Waals surface area contributed by atoms with Crippen LogP contribution in [0.15, 0.2) is 63.0 Å². The van der Waals surface area contributed by atoms with Crippen molar-refractivity contribution >= 4 is 28.7 Å². The zero-order chi connectivity index (χ0) is 13.2. The molecule has 2 aromatic carbocycles. The quantitative estimate of drug-likeness (QED) is 0.787. The van der Waals surface area contributed by atoms with Gasteiger partial charge in [0.15, 0.2) is 10.6 Å². The molecule has 0 aliphatic rings. The van der Waals surface area contributed by atoms with Gasteiger partial charge in [-0.2, -0.15) is 0 Å². The average molecular weight is 271 g/mol. The minimum atomic E-state index is -0.938. The van der Waals surface area contributed by atoms with Crippen LogP contribution in [0.1, 0.15) is 10.4 Å². The lowest BCUT2D eigenvalue weighted by atomic mass is 10.2. The summed E-state index contributed by atoms with van der Waals surface area (Å²) < 4.78 is 5.21. The summed E-state index contributed by atoms with van der Waals surface area (Å²) in [5.41, 5.74) is 0.984. The number of hydrogen-bond donors (Lipinski definition) is 1. The highest BCUT2D eigenvalue weighted by atomic mass is 32.2. The lowest BCUT2D eigenvalue weighted by molar-refractivity contribution is 0.0696. The highest BCUT2D eigenvalue weighted by molar-refractivity contribution is 7.99. The highest BCUT2D eigenvalue weighted by Gasteiger charge is 2.10. The summed E-state index contributed by atoms with van der Waals surface area (Å²) in [5.74, 6) is -0.938. The molecule has 0 saturated carbocycles. The van der Waals surface area contributed by atoms with E-state index < -0.39 is 5.97 Å². The first-order valence-corrected chi connectivity index (χ1v) is 6.41. The first-order valence-electron chi connectivity index (χ1n) is 5.60. The standard InChI is InChI=1S/C14H9NO3S/c16-14(17)9-4-3-5-10(8-9)19-13-11-6-1-2-7-12(11)18-15-13/h1-8H,(H,16,17). The zero-order valence-corrected chi connectivity index (χ0v) is 10.6. The summed E-state index contributed by atoms with van der Waals surface area (Å²) in [6.45, 7) is 0. The maximum atomic E-state index is 10.9. The molecule has 0 aliphatic carbocycles. The van der Waals surface area contributed by atoms with Crippen molar-refractivity contribution in [3.8, 4) is 0 Å². The Bertz CT molecular complexity index is 751. The number of carboxylic acid groups (broad SMARTS) is 1. The molecule has 0 unspecified atom stereocenters. The van der Waals surface area contributed by atoms with Gasteiger partial charge >= 0.3 is 5.97 Å². The van der Waals surface area contributed by atoms with Gasteiger partial charge in [-0.25, -0.2) is 4.79 Å². The van der Waals surface area contributed by atoms with Gasteiger partial charge in [0.1, 0.15) is 0 Å². The lowest BCUT2D eigenvalue weighted by Crippen LogP contribution is -1.95. The Morgan fingerprint density at radius 2 is 2.00 bits per heavy atom. The van der Waals surface area contributed by atoms with Crippen molar-refractivity contribution in [1.29, 1.82) is 0 Å². The monoisotopic (exact) mass is 271 g/mol. The van der Waals surface area contributed by atoms with E-state index in [4.69, 9.17) is 9.63 Å². The van der Waals surface area contributed by atoms with E-state index in [2.05, 4.69) is 5.16 Å². The third-order valence-electron chi connectivity index (χ3n) is 2.64. The Kier molecular flexibility index (Phi) is 2.97. The van der Waals surface area contributed by atoms with Crippen LogP contribution in [0.4, 0.5) is 0 Å². The molecular weight excluding hydrogens is 262 g/mol. The molecule has 0 spiro atoms. The Balaban J connectivity index is 1.97. The minimum Gasteiger partial charge on any atom is -0.478 e. The number of benzene rings is 2. The average Bonchev–Trinajstić information content (AvgIpc) is 2.83. The summed E-state index contributed by atoms with van der Waals surface area (Å²) in [6.07, 6.45) is 0. The van der Waals surface area contributed by atoms with Crippen molar-refractivity contribution in [2.45, 2.75) is 9.92 Å². The third-order valence-corrected chi connectivity index (χ3v) is 3.62. The van der Waals surface area contributed by atoms with Crippen molar-refractivity contribution in [2.24, 2.45) is 0 Å². The van der Waals surface area contributed by atoms with E-state index in [1.165, 1.54) is 11.8 Å². The fourth-order valence-electron chi connectivity index (χ4n) is 1.74. The van der Waals surface area contributed by atoms with Gasteiger partial charge in [-0.05, 0) is 30.3 Å². The molecule has 0 amide bonds. The summed E-state index contributed by atoms with van der Waals surface area (Å²) in [7, 11) is 0. The van der Waals surface area contributed by atoms with Gasteiger partial charge in [-0.15, -0.1) is 0 Å². The minimum absolute atomic E-state index is 0.262. The number of nitrogens with zero attached hydrogens (tertiary/aromatic N) is 1. The fraction of sp³-hybridized carbons (Fsp3) is 0. The third kappa shape index (κ3) is 2.32.